The van der Waals surface area contributed by atoms with E-state index < -0.39 is 0 Å². The first-order chi connectivity index (χ1) is 15.0. The number of carbonyl (C=O) groups is 3. The highest BCUT2D eigenvalue weighted by Gasteiger charge is 2.40. The molecule has 0 aromatic heterocycles. The second-order valence-electron chi connectivity index (χ2n) is 8.75. The van der Waals surface area contributed by atoms with Crippen LogP contribution in [0.4, 0.5) is 11.4 Å². The van der Waals surface area contributed by atoms with Crippen LogP contribution in [0, 0.1) is 0 Å². The predicted octanol–water partition coefficient (Wildman–Crippen LogP) is 2.89. The molecule has 0 aliphatic carbocycles. The zero-order chi connectivity index (χ0) is 22.0. The Morgan fingerprint density at radius 3 is 2.39 bits per heavy atom. The second kappa shape index (κ2) is 9.28. The summed E-state index contributed by atoms with van der Waals surface area (Å²) in [6, 6.07) is 5.45. The first kappa shape index (κ1) is 21.7. The van der Waals surface area contributed by atoms with E-state index in [0.29, 0.717) is 24.3 Å². The Kier molecular flexibility index (Phi) is 6.49. The molecule has 3 aliphatic rings. The van der Waals surface area contributed by atoms with Crippen molar-refractivity contribution in [1.82, 2.24) is 9.80 Å². The largest absolute Gasteiger partial charge is 0.358 e. The average molecular weight is 427 g/mol. The van der Waals surface area contributed by atoms with E-state index in [1.54, 1.807) is 9.80 Å². The third-order valence-electron chi connectivity index (χ3n) is 6.93. The summed E-state index contributed by atoms with van der Waals surface area (Å²) in [7, 11) is 0. The number of carbonyl (C=O) groups excluding carboxylic acids is 3. The van der Waals surface area contributed by atoms with Crippen LogP contribution in [0.5, 0.6) is 0 Å². The van der Waals surface area contributed by atoms with Gasteiger partial charge in [-0.1, -0.05) is 0 Å². The molecule has 168 valence electrons. The molecule has 2 saturated heterocycles. The monoisotopic (exact) mass is 426 g/mol. The van der Waals surface area contributed by atoms with Gasteiger partial charge in [0, 0.05) is 38.3 Å². The van der Waals surface area contributed by atoms with E-state index in [0.717, 1.165) is 63.8 Å². The third-order valence-corrected chi connectivity index (χ3v) is 6.93. The molecule has 0 spiro atoms. The highest BCUT2D eigenvalue weighted by molar-refractivity contribution is 6.09. The Hall–Kier alpha value is -2.57. The van der Waals surface area contributed by atoms with Crippen molar-refractivity contribution in [3.05, 3.63) is 23.8 Å². The molecular formula is C24H34N4O3. The van der Waals surface area contributed by atoms with Crippen LogP contribution in [0.25, 0.3) is 0 Å². The van der Waals surface area contributed by atoms with Gasteiger partial charge in [-0.2, -0.15) is 0 Å². The molecule has 0 bridgehead atoms. The summed E-state index contributed by atoms with van der Waals surface area (Å²) in [5.41, 5.74) is 2.24. The van der Waals surface area contributed by atoms with Crippen LogP contribution in [0.15, 0.2) is 18.2 Å². The number of amides is 3. The van der Waals surface area contributed by atoms with Gasteiger partial charge >= 0.3 is 0 Å². The van der Waals surface area contributed by atoms with Crippen molar-refractivity contribution in [2.24, 2.45) is 0 Å². The summed E-state index contributed by atoms with van der Waals surface area (Å²) in [6.45, 7) is 7.62. The fourth-order valence-corrected chi connectivity index (χ4v) is 5.13. The Labute approximate surface area is 185 Å². The molecule has 0 unspecified atom stereocenters. The van der Waals surface area contributed by atoms with Crippen molar-refractivity contribution in [3.63, 3.8) is 0 Å². The van der Waals surface area contributed by atoms with Gasteiger partial charge in [-0.3, -0.25) is 19.3 Å². The summed E-state index contributed by atoms with van der Waals surface area (Å²) in [5, 5.41) is 0. The maximum atomic E-state index is 13.5. The lowest BCUT2D eigenvalue weighted by atomic mass is 9.95. The second-order valence-corrected chi connectivity index (χ2v) is 8.75. The highest BCUT2D eigenvalue weighted by atomic mass is 16.2. The van der Waals surface area contributed by atoms with Crippen LogP contribution in [0.1, 0.15) is 62.7 Å². The topological polar surface area (TPSA) is 64.2 Å². The van der Waals surface area contributed by atoms with Crippen LogP contribution in [0.3, 0.4) is 0 Å². The number of likely N-dealkylation sites (tertiary alicyclic amines) is 1. The standard InChI is InChI=1S/C24H34N4O3/c1-3-25(4-2)23(30)18-11-12-19-21(16-18)28(17-22(29)26-13-7-5-8-14-26)24(31)20-10-6-9-15-27(19)20/h11-12,16,20H,3-10,13-15,17H2,1-2H3/t20-/m1/s1. The quantitative estimate of drug-likeness (QED) is 0.726. The van der Waals surface area contributed by atoms with Crippen molar-refractivity contribution in [1.29, 1.82) is 0 Å². The molecule has 3 amide bonds. The number of hydrogen-bond acceptors (Lipinski definition) is 4. The number of anilines is 2. The van der Waals surface area contributed by atoms with E-state index in [1.807, 2.05) is 36.9 Å². The first-order valence-electron chi connectivity index (χ1n) is 11.8. The minimum Gasteiger partial charge on any atom is -0.358 e. The van der Waals surface area contributed by atoms with Crippen LogP contribution < -0.4 is 9.80 Å². The summed E-state index contributed by atoms with van der Waals surface area (Å²) in [6.07, 6.45) is 6.09. The molecule has 7 heteroatoms. The van der Waals surface area contributed by atoms with Gasteiger partial charge in [0.05, 0.1) is 11.4 Å². The van der Waals surface area contributed by atoms with Crippen LogP contribution in [0.2, 0.25) is 0 Å². The molecule has 0 saturated carbocycles. The molecule has 2 fully saturated rings. The zero-order valence-corrected chi connectivity index (χ0v) is 18.8. The number of nitrogens with zero attached hydrogens (tertiary/aromatic N) is 4. The molecular weight excluding hydrogens is 392 g/mol. The van der Waals surface area contributed by atoms with Crippen LogP contribution >= 0.6 is 0 Å². The minimum absolute atomic E-state index is 0.00346. The maximum absolute atomic E-state index is 13.5. The van der Waals surface area contributed by atoms with Gasteiger partial charge in [0.2, 0.25) is 11.8 Å². The molecule has 7 nitrogen and oxygen atoms in total. The number of fused-ring (bicyclic) bond motifs is 3. The van der Waals surface area contributed by atoms with E-state index >= 15 is 0 Å². The van der Waals surface area contributed by atoms with E-state index in [4.69, 9.17) is 0 Å². The molecule has 0 radical (unpaired) electrons. The van der Waals surface area contributed by atoms with Crippen molar-refractivity contribution in [2.45, 2.75) is 58.4 Å². The molecule has 4 rings (SSSR count). The van der Waals surface area contributed by atoms with Crippen molar-refractivity contribution < 1.29 is 14.4 Å². The molecule has 1 atom stereocenters. The van der Waals surface area contributed by atoms with Gasteiger partial charge in [0.1, 0.15) is 12.6 Å². The molecule has 1 aromatic rings. The van der Waals surface area contributed by atoms with E-state index in [9.17, 15) is 14.4 Å². The average Bonchev–Trinajstić information content (AvgIpc) is 2.82. The van der Waals surface area contributed by atoms with Gasteiger partial charge in [0.25, 0.3) is 5.91 Å². The van der Waals surface area contributed by atoms with E-state index in [-0.39, 0.29) is 30.3 Å². The lowest BCUT2D eigenvalue weighted by Gasteiger charge is -2.45. The Balaban J connectivity index is 1.68. The smallest absolute Gasteiger partial charge is 0.253 e. The van der Waals surface area contributed by atoms with E-state index in [2.05, 4.69) is 4.90 Å². The summed E-state index contributed by atoms with van der Waals surface area (Å²) in [4.78, 5) is 47.0. The van der Waals surface area contributed by atoms with Gasteiger partial charge in [-0.25, -0.2) is 0 Å². The highest BCUT2D eigenvalue weighted by Crippen LogP contribution is 2.40. The summed E-state index contributed by atoms with van der Waals surface area (Å²) >= 11 is 0. The van der Waals surface area contributed by atoms with Crippen molar-refractivity contribution in [2.75, 3.05) is 49.1 Å². The Morgan fingerprint density at radius 2 is 1.68 bits per heavy atom. The maximum Gasteiger partial charge on any atom is 0.253 e. The number of rotatable bonds is 5. The molecule has 3 heterocycles. The van der Waals surface area contributed by atoms with Gasteiger partial charge < -0.3 is 14.7 Å². The van der Waals surface area contributed by atoms with Crippen molar-refractivity contribution in [3.8, 4) is 0 Å². The first-order valence-corrected chi connectivity index (χ1v) is 11.8. The predicted molar refractivity (Wildman–Crippen MR) is 121 cm³/mol. The van der Waals surface area contributed by atoms with E-state index in [1.165, 1.54) is 0 Å². The SMILES string of the molecule is CCN(CC)C(=O)c1ccc2c(c1)N(CC(=O)N1CCCCC1)C(=O)[C@H]1CCCCN21. The van der Waals surface area contributed by atoms with Crippen molar-refractivity contribution >= 4 is 29.1 Å². The molecule has 0 N–H and O–H groups in total. The number of piperidine rings is 2. The normalized spacial score (nSPS) is 20.9. The fraction of sp³-hybridized carbons (Fsp3) is 0.625. The lowest BCUT2D eigenvalue weighted by molar-refractivity contribution is -0.132. The fourth-order valence-electron chi connectivity index (χ4n) is 5.13. The summed E-state index contributed by atoms with van der Waals surface area (Å²) in [5.74, 6) is -0.0444. The van der Waals surface area contributed by atoms with Gasteiger partial charge in [0.15, 0.2) is 0 Å². The Bertz CT molecular complexity index is 845. The Morgan fingerprint density at radius 1 is 0.968 bits per heavy atom. The molecule has 31 heavy (non-hydrogen) atoms. The van der Waals surface area contributed by atoms with Gasteiger partial charge in [-0.05, 0) is 70.6 Å². The molecule has 3 aliphatic heterocycles. The summed E-state index contributed by atoms with van der Waals surface area (Å²) < 4.78 is 0. The number of hydrogen-bond donors (Lipinski definition) is 0. The van der Waals surface area contributed by atoms with Crippen LogP contribution in [-0.2, 0) is 9.59 Å². The van der Waals surface area contributed by atoms with Crippen LogP contribution in [-0.4, -0.2) is 72.8 Å². The minimum atomic E-state index is -0.209. The third kappa shape index (κ3) is 4.14. The number of benzene rings is 1. The zero-order valence-electron chi connectivity index (χ0n) is 18.8. The lowest BCUT2D eigenvalue weighted by Crippen LogP contribution is -2.57. The van der Waals surface area contributed by atoms with Gasteiger partial charge in [-0.15, -0.1) is 0 Å². The molecule has 1 aromatic carbocycles.